The average Bonchev–Trinajstić information content (AvgIpc) is 2.27. The Hall–Kier alpha value is -0.870. The van der Waals surface area contributed by atoms with E-state index in [1.54, 1.807) is 0 Å². The van der Waals surface area contributed by atoms with Crippen LogP contribution in [-0.4, -0.2) is 14.2 Å². The van der Waals surface area contributed by atoms with Crippen molar-refractivity contribution in [2.75, 3.05) is 5.75 Å². The predicted octanol–water partition coefficient (Wildman–Crippen LogP) is 3.49. The molecule has 1 rings (SSSR count). The quantitative estimate of drug-likeness (QED) is 0.868. The molecule has 3 nitrogen and oxygen atoms in total. The SMILES string of the molecule is CCCS(=O)(=O)NC(CC(C)(C)C)c1ccccc1. The smallest absolute Gasteiger partial charge is 0.212 e. The van der Waals surface area contributed by atoms with E-state index >= 15 is 0 Å². The Balaban J connectivity index is 2.94. The summed E-state index contributed by atoms with van der Waals surface area (Å²) >= 11 is 0. The number of rotatable bonds is 6. The minimum Gasteiger partial charge on any atom is -0.212 e. The summed E-state index contributed by atoms with van der Waals surface area (Å²) in [6, 6.07) is 9.63. The highest BCUT2D eigenvalue weighted by atomic mass is 32.2. The van der Waals surface area contributed by atoms with Crippen molar-refractivity contribution in [2.24, 2.45) is 5.41 Å². The molecule has 0 amide bonds. The second kappa shape index (κ2) is 6.53. The summed E-state index contributed by atoms with van der Waals surface area (Å²) in [4.78, 5) is 0. The van der Waals surface area contributed by atoms with Gasteiger partial charge >= 0.3 is 0 Å². The minimum absolute atomic E-state index is 0.0647. The molecule has 0 radical (unpaired) electrons. The maximum absolute atomic E-state index is 12.0. The van der Waals surface area contributed by atoms with Gasteiger partial charge in [-0.3, -0.25) is 0 Å². The summed E-state index contributed by atoms with van der Waals surface area (Å²) in [7, 11) is -3.20. The van der Waals surface area contributed by atoms with Crippen LogP contribution in [0.5, 0.6) is 0 Å². The summed E-state index contributed by atoms with van der Waals surface area (Å²) in [6.45, 7) is 8.24. The maximum atomic E-state index is 12.0. The van der Waals surface area contributed by atoms with Gasteiger partial charge in [0.15, 0.2) is 0 Å². The highest BCUT2D eigenvalue weighted by Gasteiger charge is 2.24. The fourth-order valence-corrected chi connectivity index (χ4v) is 3.38. The topological polar surface area (TPSA) is 46.2 Å². The van der Waals surface area contributed by atoms with Gasteiger partial charge in [0.1, 0.15) is 0 Å². The second-order valence-corrected chi connectivity index (χ2v) is 8.04. The third kappa shape index (κ3) is 6.21. The molecule has 4 heteroatoms. The van der Waals surface area contributed by atoms with Crippen LogP contribution in [0.4, 0.5) is 0 Å². The number of sulfonamides is 1. The molecule has 0 aromatic heterocycles. The first-order valence-electron chi connectivity index (χ1n) is 6.78. The van der Waals surface area contributed by atoms with E-state index in [9.17, 15) is 8.42 Å². The molecule has 0 heterocycles. The van der Waals surface area contributed by atoms with Crippen molar-refractivity contribution in [1.29, 1.82) is 0 Å². The highest BCUT2D eigenvalue weighted by molar-refractivity contribution is 7.89. The van der Waals surface area contributed by atoms with Crippen molar-refractivity contribution in [2.45, 2.75) is 46.6 Å². The molecule has 0 spiro atoms. The van der Waals surface area contributed by atoms with Crippen LogP contribution < -0.4 is 4.72 Å². The van der Waals surface area contributed by atoms with E-state index in [2.05, 4.69) is 25.5 Å². The van der Waals surface area contributed by atoms with Crippen LogP contribution in [0.15, 0.2) is 30.3 Å². The lowest BCUT2D eigenvalue weighted by atomic mass is 9.86. The van der Waals surface area contributed by atoms with Crippen molar-refractivity contribution in [3.63, 3.8) is 0 Å². The van der Waals surface area contributed by atoms with Crippen LogP contribution in [0.25, 0.3) is 0 Å². The summed E-state index contributed by atoms with van der Waals surface area (Å²) < 4.78 is 26.8. The molecule has 1 unspecified atom stereocenters. The van der Waals surface area contributed by atoms with Crippen LogP contribution in [0, 0.1) is 5.41 Å². The molecule has 0 aliphatic rings. The minimum atomic E-state index is -3.20. The molecule has 0 saturated carbocycles. The van der Waals surface area contributed by atoms with E-state index in [-0.39, 0.29) is 17.2 Å². The van der Waals surface area contributed by atoms with E-state index < -0.39 is 10.0 Å². The molecule has 19 heavy (non-hydrogen) atoms. The first-order chi connectivity index (χ1) is 8.73. The van der Waals surface area contributed by atoms with Gasteiger partial charge < -0.3 is 0 Å². The lowest BCUT2D eigenvalue weighted by Crippen LogP contribution is -2.32. The molecule has 0 aliphatic heterocycles. The Morgan fingerprint density at radius 3 is 2.21 bits per heavy atom. The first-order valence-corrected chi connectivity index (χ1v) is 8.44. The normalized spacial score (nSPS) is 14.3. The maximum Gasteiger partial charge on any atom is 0.212 e. The molecular formula is C15H25NO2S. The summed E-state index contributed by atoms with van der Waals surface area (Å²) in [5.74, 6) is 0.181. The molecule has 1 N–H and O–H groups in total. The molecule has 1 atom stereocenters. The zero-order valence-electron chi connectivity index (χ0n) is 12.3. The van der Waals surface area contributed by atoms with E-state index in [1.165, 1.54) is 0 Å². The molecule has 0 bridgehead atoms. The fourth-order valence-electron chi connectivity index (χ4n) is 2.07. The Kier molecular flexibility index (Phi) is 5.56. The van der Waals surface area contributed by atoms with Gasteiger partial charge in [0.25, 0.3) is 0 Å². The third-order valence-electron chi connectivity index (χ3n) is 2.81. The third-order valence-corrected chi connectivity index (χ3v) is 4.40. The fraction of sp³-hybridized carbons (Fsp3) is 0.600. The van der Waals surface area contributed by atoms with Gasteiger partial charge in [0.05, 0.1) is 5.75 Å². The zero-order chi connectivity index (χ0) is 14.5. The number of benzene rings is 1. The van der Waals surface area contributed by atoms with Gasteiger partial charge in [-0.15, -0.1) is 0 Å². The van der Waals surface area contributed by atoms with Crippen LogP contribution in [0.2, 0.25) is 0 Å². The Morgan fingerprint density at radius 2 is 1.74 bits per heavy atom. The highest BCUT2D eigenvalue weighted by Crippen LogP contribution is 2.29. The van der Waals surface area contributed by atoms with Gasteiger partial charge in [0.2, 0.25) is 10.0 Å². The predicted molar refractivity (Wildman–Crippen MR) is 80.5 cm³/mol. The van der Waals surface area contributed by atoms with E-state index in [1.807, 2.05) is 37.3 Å². The second-order valence-electron chi connectivity index (χ2n) is 6.16. The Labute approximate surface area is 117 Å². The van der Waals surface area contributed by atoms with Crippen molar-refractivity contribution in [3.8, 4) is 0 Å². The molecule has 108 valence electrons. The number of hydrogen-bond donors (Lipinski definition) is 1. The zero-order valence-corrected chi connectivity index (χ0v) is 13.1. The standard InChI is InChI=1S/C15H25NO2S/c1-5-11-19(17,18)16-14(12-15(2,3)4)13-9-7-6-8-10-13/h6-10,14,16H,5,11-12H2,1-4H3. The van der Waals surface area contributed by atoms with Crippen molar-refractivity contribution >= 4 is 10.0 Å². The Bertz CT molecular complexity index is 475. The van der Waals surface area contributed by atoms with Crippen molar-refractivity contribution in [3.05, 3.63) is 35.9 Å². The van der Waals surface area contributed by atoms with Crippen molar-refractivity contribution in [1.82, 2.24) is 4.72 Å². The monoisotopic (exact) mass is 283 g/mol. The van der Waals surface area contributed by atoms with Gasteiger partial charge in [-0.1, -0.05) is 58.0 Å². The van der Waals surface area contributed by atoms with E-state index in [0.29, 0.717) is 6.42 Å². The molecule has 1 aromatic rings. The number of nitrogens with one attached hydrogen (secondary N) is 1. The largest absolute Gasteiger partial charge is 0.212 e. The number of hydrogen-bond acceptors (Lipinski definition) is 2. The van der Waals surface area contributed by atoms with E-state index in [0.717, 1.165) is 12.0 Å². The molecule has 0 fully saturated rings. The van der Waals surface area contributed by atoms with Crippen molar-refractivity contribution < 1.29 is 8.42 Å². The summed E-state index contributed by atoms with van der Waals surface area (Å²) in [5.41, 5.74) is 1.09. The molecular weight excluding hydrogens is 258 g/mol. The Morgan fingerprint density at radius 1 is 1.16 bits per heavy atom. The van der Waals surface area contributed by atoms with Gasteiger partial charge in [-0.05, 0) is 23.8 Å². The van der Waals surface area contributed by atoms with E-state index in [4.69, 9.17) is 0 Å². The van der Waals surface area contributed by atoms with Gasteiger partial charge in [0, 0.05) is 6.04 Å². The van der Waals surface area contributed by atoms with Crippen LogP contribution in [0.3, 0.4) is 0 Å². The summed E-state index contributed by atoms with van der Waals surface area (Å²) in [5, 5.41) is 0. The first kappa shape index (κ1) is 16.2. The molecule has 0 aliphatic carbocycles. The van der Waals surface area contributed by atoms with Crippen LogP contribution >= 0.6 is 0 Å². The van der Waals surface area contributed by atoms with Crippen LogP contribution in [0.1, 0.15) is 52.1 Å². The van der Waals surface area contributed by atoms with Gasteiger partial charge in [-0.2, -0.15) is 0 Å². The lowest BCUT2D eigenvalue weighted by Gasteiger charge is -2.27. The van der Waals surface area contributed by atoms with Crippen LogP contribution in [-0.2, 0) is 10.0 Å². The summed E-state index contributed by atoms with van der Waals surface area (Å²) in [6.07, 6.45) is 1.41. The molecule has 1 aromatic carbocycles. The lowest BCUT2D eigenvalue weighted by molar-refractivity contribution is 0.331. The van der Waals surface area contributed by atoms with Gasteiger partial charge in [-0.25, -0.2) is 13.1 Å². The molecule has 0 saturated heterocycles. The average molecular weight is 283 g/mol.